The molecule has 1 aliphatic rings. The fraction of sp³-hybridized carbons (Fsp3) is 0.447. The second kappa shape index (κ2) is 13.5. The normalized spacial score (nSPS) is 15.5. The highest BCUT2D eigenvalue weighted by atomic mass is 19.1. The number of aryl methyl sites for hydroxylation is 3. The third kappa shape index (κ3) is 8.01. The Labute approximate surface area is 277 Å². The number of nitrogens with zero attached hydrogens (tertiary/aromatic N) is 4. The number of ether oxygens (including phenoxy) is 2. The fourth-order valence-electron chi connectivity index (χ4n) is 6.17. The molecule has 0 radical (unpaired) electrons. The van der Waals surface area contributed by atoms with E-state index in [0.717, 1.165) is 59.7 Å². The summed E-state index contributed by atoms with van der Waals surface area (Å²) < 4.78 is 27.5. The molecule has 9 heteroatoms. The number of aliphatic carboxylic acids is 1. The molecular formula is C38H47FN4O4. The molecule has 250 valence electrons. The second-order valence-electron chi connectivity index (χ2n) is 14.3. The molecule has 0 saturated carbocycles. The summed E-state index contributed by atoms with van der Waals surface area (Å²) in [6.07, 6.45) is 1.34. The number of carboxylic acids is 1. The number of hydrogen-bond donors (Lipinski definition) is 1. The van der Waals surface area contributed by atoms with E-state index in [0.29, 0.717) is 35.9 Å². The Morgan fingerprint density at radius 1 is 1.02 bits per heavy atom. The van der Waals surface area contributed by atoms with Crippen molar-refractivity contribution in [2.75, 3.05) is 24.6 Å². The van der Waals surface area contributed by atoms with Gasteiger partial charge in [-0.25, -0.2) is 18.9 Å². The zero-order valence-corrected chi connectivity index (χ0v) is 28.9. The topological polar surface area (TPSA) is 89.7 Å². The van der Waals surface area contributed by atoms with Crippen LogP contribution in [0.15, 0.2) is 54.6 Å². The maximum absolute atomic E-state index is 13.3. The van der Waals surface area contributed by atoms with Gasteiger partial charge in [0.25, 0.3) is 0 Å². The van der Waals surface area contributed by atoms with Crippen molar-refractivity contribution < 1.29 is 23.8 Å². The van der Waals surface area contributed by atoms with Gasteiger partial charge in [-0.2, -0.15) is 5.10 Å². The number of halogens is 1. The van der Waals surface area contributed by atoms with Gasteiger partial charge in [-0.1, -0.05) is 38.1 Å². The number of piperidine rings is 1. The minimum Gasteiger partial charge on any atom is -0.493 e. The van der Waals surface area contributed by atoms with Crippen molar-refractivity contribution in [2.24, 2.45) is 5.41 Å². The first-order chi connectivity index (χ1) is 22.1. The van der Waals surface area contributed by atoms with E-state index < -0.39 is 17.7 Å². The standard InChI is InChI=1S/C38H47FN4O4/c1-24-23-25(2)43(41-24)35-32(28-11-15-30(16-12-28)46-22-17-27-9-13-29(39)14-10-27)33(42-20-18-38(7,8)19-21-42)31(26(3)40-35)34(36(44)45)47-37(4,5)6/h9-16,23,34H,17-22H2,1-8H3,(H,44,45)/t34-/m0/s1. The summed E-state index contributed by atoms with van der Waals surface area (Å²) in [4.78, 5) is 20.4. The minimum atomic E-state index is -1.23. The van der Waals surface area contributed by atoms with E-state index in [1.165, 1.54) is 12.1 Å². The van der Waals surface area contributed by atoms with Gasteiger partial charge in [0.05, 0.1) is 29.2 Å². The molecule has 1 aliphatic heterocycles. The first kappa shape index (κ1) is 34.1. The molecule has 4 aromatic rings. The van der Waals surface area contributed by atoms with Crippen molar-refractivity contribution >= 4 is 11.7 Å². The first-order valence-electron chi connectivity index (χ1n) is 16.3. The fourth-order valence-corrected chi connectivity index (χ4v) is 6.17. The largest absolute Gasteiger partial charge is 0.493 e. The van der Waals surface area contributed by atoms with Gasteiger partial charge in [0.2, 0.25) is 0 Å². The molecule has 1 atom stereocenters. The first-order valence-corrected chi connectivity index (χ1v) is 16.3. The van der Waals surface area contributed by atoms with Crippen molar-refractivity contribution in [1.82, 2.24) is 14.8 Å². The maximum Gasteiger partial charge on any atom is 0.337 e. The average Bonchev–Trinajstić information content (AvgIpc) is 3.34. The number of carboxylic acid groups (broad SMARTS) is 1. The van der Waals surface area contributed by atoms with E-state index in [-0.39, 0.29) is 11.2 Å². The van der Waals surface area contributed by atoms with Crippen LogP contribution in [0.2, 0.25) is 0 Å². The number of pyridine rings is 1. The Bertz CT molecular complexity index is 1710. The lowest BCUT2D eigenvalue weighted by Crippen LogP contribution is -2.39. The summed E-state index contributed by atoms with van der Waals surface area (Å²) in [6, 6.07) is 16.3. The molecule has 0 spiro atoms. The second-order valence-corrected chi connectivity index (χ2v) is 14.3. The van der Waals surface area contributed by atoms with Gasteiger partial charge in [-0.05, 0) is 101 Å². The molecule has 0 aliphatic carbocycles. The number of aromatic nitrogens is 3. The van der Waals surface area contributed by atoms with E-state index in [1.54, 1.807) is 12.1 Å². The Hall–Kier alpha value is -4.24. The van der Waals surface area contributed by atoms with Crippen LogP contribution < -0.4 is 9.64 Å². The highest BCUT2D eigenvalue weighted by molar-refractivity contribution is 5.90. The molecule has 1 N–H and O–H groups in total. The van der Waals surface area contributed by atoms with Gasteiger partial charge in [-0.15, -0.1) is 0 Å². The van der Waals surface area contributed by atoms with Crippen LogP contribution in [0.5, 0.6) is 5.75 Å². The summed E-state index contributed by atoms with van der Waals surface area (Å²) in [5, 5.41) is 15.4. The Morgan fingerprint density at radius 3 is 2.21 bits per heavy atom. The van der Waals surface area contributed by atoms with Crippen LogP contribution in [0.1, 0.15) is 81.8 Å². The van der Waals surface area contributed by atoms with Gasteiger partial charge in [0.15, 0.2) is 11.9 Å². The van der Waals surface area contributed by atoms with Gasteiger partial charge in [0, 0.05) is 36.5 Å². The van der Waals surface area contributed by atoms with Crippen LogP contribution in [0.25, 0.3) is 16.9 Å². The Kier molecular flexibility index (Phi) is 9.78. The zero-order chi connectivity index (χ0) is 34.1. The summed E-state index contributed by atoms with van der Waals surface area (Å²) >= 11 is 0. The van der Waals surface area contributed by atoms with E-state index in [4.69, 9.17) is 19.6 Å². The zero-order valence-electron chi connectivity index (χ0n) is 28.9. The molecule has 0 unspecified atom stereocenters. The van der Waals surface area contributed by atoms with Crippen LogP contribution in [0.4, 0.5) is 10.1 Å². The number of carbonyl (C=O) groups is 1. The molecule has 5 rings (SSSR count). The monoisotopic (exact) mass is 642 g/mol. The maximum atomic E-state index is 13.3. The van der Waals surface area contributed by atoms with E-state index in [9.17, 15) is 14.3 Å². The molecule has 3 heterocycles. The van der Waals surface area contributed by atoms with Crippen molar-refractivity contribution in [3.05, 3.63) is 88.6 Å². The van der Waals surface area contributed by atoms with Crippen molar-refractivity contribution in [1.29, 1.82) is 0 Å². The van der Waals surface area contributed by atoms with Crippen LogP contribution in [0.3, 0.4) is 0 Å². The van der Waals surface area contributed by atoms with E-state index in [1.807, 2.05) is 76.6 Å². The molecule has 2 aromatic heterocycles. The third-order valence-corrected chi connectivity index (χ3v) is 8.70. The summed E-state index contributed by atoms with van der Waals surface area (Å²) in [5.41, 5.74) is 5.90. The van der Waals surface area contributed by atoms with E-state index in [2.05, 4.69) is 18.7 Å². The smallest absolute Gasteiger partial charge is 0.337 e. The summed E-state index contributed by atoms with van der Waals surface area (Å²) in [6.45, 7) is 18.0. The molecule has 1 fully saturated rings. The average molecular weight is 643 g/mol. The predicted octanol–water partition coefficient (Wildman–Crippen LogP) is 8.19. The lowest BCUT2D eigenvalue weighted by molar-refractivity contribution is -0.160. The highest BCUT2D eigenvalue weighted by Gasteiger charge is 2.37. The highest BCUT2D eigenvalue weighted by Crippen LogP contribution is 2.46. The third-order valence-electron chi connectivity index (χ3n) is 8.70. The lowest BCUT2D eigenvalue weighted by Gasteiger charge is -2.41. The van der Waals surface area contributed by atoms with Crippen LogP contribution in [0, 0.1) is 32.0 Å². The van der Waals surface area contributed by atoms with Gasteiger partial charge in [-0.3, -0.25) is 0 Å². The Morgan fingerprint density at radius 2 is 1.66 bits per heavy atom. The van der Waals surface area contributed by atoms with Gasteiger partial charge >= 0.3 is 5.97 Å². The molecule has 8 nitrogen and oxygen atoms in total. The molecule has 0 amide bonds. The van der Waals surface area contributed by atoms with E-state index >= 15 is 0 Å². The van der Waals surface area contributed by atoms with Crippen LogP contribution >= 0.6 is 0 Å². The molecule has 1 saturated heterocycles. The number of rotatable bonds is 10. The number of anilines is 1. The summed E-state index contributed by atoms with van der Waals surface area (Å²) in [7, 11) is 0. The van der Waals surface area contributed by atoms with Crippen molar-refractivity contribution in [3.63, 3.8) is 0 Å². The van der Waals surface area contributed by atoms with Crippen LogP contribution in [-0.4, -0.2) is 51.1 Å². The number of benzene rings is 2. The summed E-state index contributed by atoms with van der Waals surface area (Å²) in [5.74, 6) is 0.0235. The van der Waals surface area contributed by atoms with Crippen molar-refractivity contribution in [2.45, 2.75) is 86.4 Å². The molecular weight excluding hydrogens is 595 g/mol. The molecule has 47 heavy (non-hydrogen) atoms. The van der Waals surface area contributed by atoms with Crippen LogP contribution in [-0.2, 0) is 16.0 Å². The predicted molar refractivity (Wildman–Crippen MR) is 183 cm³/mol. The SMILES string of the molecule is Cc1cc(C)n(-c2nc(C)c([C@H](OC(C)(C)C)C(=O)O)c(N3CCC(C)(C)CC3)c2-c2ccc(OCCc3ccc(F)cc3)cc2)n1. The molecule has 2 aromatic carbocycles. The van der Waals surface area contributed by atoms with Gasteiger partial charge in [0.1, 0.15) is 11.6 Å². The quantitative estimate of drug-likeness (QED) is 0.187. The van der Waals surface area contributed by atoms with Crippen molar-refractivity contribution in [3.8, 4) is 22.7 Å². The Balaban J connectivity index is 1.66. The lowest BCUT2D eigenvalue weighted by atomic mass is 9.82. The minimum absolute atomic E-state index is 0.179. The number of hydrogen-bond acceptors (Lipinski definition) is 6. The van der Waals surface area contributed by atoms with Gasteiger partial charge < -0.3 is 19.5 Å². The molecule has 0 bridgehead atoms.